The molecule has 6 heteroatoms. The van der Waals surface area contributed by atoms with E-state index in [0.717, 1.165) is 32.7 Å². The van der Waals surface area contributed by atoms with E-state index in [4.69, 9.17) is 0 Å². The normalized spacial score (nSPS) is 12.3. The van der Waals surface area contributed by atoms with Gasteiger partial charge in [0.05, 0.1) is 20.4 Å². The predicted molar refractivity (Wildman–Crippen MR) is 104 cm³/mol. The van der Waals surface area contributed by atoms with Gasteiger partial charge in [0, 0.05) is 6.54 Å². The first-order chi connectivity index (χ1) is 12.2. The van der Waals surface area contributed by atoms with Crippen molar-refractivity contribution in [2.75, 3.05) is 0 Å². The Morgan fingerprint density at radius 3 is 2.64 bits per heavy atom. The van der Waals surface area contributed by atoms with Crippen molar-refractivity contribution in [1.29, 1.82) is 0 Å². The standard InChI is InChI=1S/C19H17N3OS2/c1-3-12-8-7-11-15-16(12)22(4-2)19(25-15)21-17(23)18-20-13-9-5-6-10-14(13)24-18/h5-11H,3-4H2,1-2H3. The molecule has 0 aliphatic heterocycles. The van der Waals surface area contributed by atoms with Gasteiger partial charge in [0.1, 0.15) is 0 Å². The smallest absolute Gasteiger partial charge is 0.308 e. The van der Waals surface area contributed by atoms with Crippen molar-refractivity contribution in [3.63, 3.8) is 0 Å². The van der Waals surface area contributed by atoms with Crippen molar-refractivity contribution < 1.29 is 4.79 Å². The van der Waals surface area contributed by atoms with E-state index in [1.807, 2.05) is 24.3 Å². The van der Waals surface area contributed by atoms with Crippen LogP contribution in [0.1, 0.15) is 29.2 Å². The first-order valence-electron chi connectivity index (χ1n) is 8.27. The Morgan fingerprint density at radius 2 is 1.88 bits per heavy atom. The van der Waals surface area contributed by atoms with Gasteiger partial charge in [-0.2, -0.15) is 4.99 Å². The fourth-order valence-corrected chi connectivity index (χ4v) is 4.96. The van der Waals surface area contributed by atoms with E-state index in [1.54, 1.807) is 11.3 Å². The first-order valence-corrected chi connectivity index (χ1v) is 9.90. The maximum atomic E-state index is 12.7. The van der Waals surface area contributed by atoms with E-state index >= 15 is 0 Å². The molecule has 0 unspecified atom stereocenters. The van der Waals surface area contributed by atoms with Gasteiger partial charge in [0.15, 0.2) is 9.81 Å². The highest BCUT2D eigenvalue weighted by molar-refractivity contribution is 7.20. The molecule has 0 spiro atoms. The number of hydrogen-bond acceptors (Lipinski definition) is 4. The summed E-state index contributed by atoms with van der Waals surface area (Å²) in [6, 6.07) is 14.1. The van der Waals surface area contributed by atoms with Crippen molar-refractivity contribution in [3.05, 3.63) is 57.8 Å². The number of fused-ring (bicyclic) bond motifs is 2. The highest BCUT2D eigenvalue weighted by Gasteiger charge is 2.14. The maximum absolute atomic E-state index is 12.7. The lowest BCUT2D eigenvalue weighted by molar-refractivity contribution is 0.0997. The molecule has 0 fully saturated rings. The van der Waals surface area contributed by atoms with Crippen LogP contribution in [0.3, 0.4) is 0 Å². The van der Waals surface area contributed by atoms with Gasteiger partial charge in [-0.15, -0.1) is 11.3 Å². The van der Waals surface area contributed by atoms with Gasteiger partial charge in [-0.25, -0.2) is 4.98 Å². The van der Waals surface area contributed by atoms with Crippen LogP contribution in [0.15, 0.2) is 47.5 Å². The molecule has 126 valence electrons. The van der Waals surface area contributed by atoms with Crippen LogP contribution in [-0.2, 0) is 13.0 Å². The number of carbonyl (C=O) groups is 1. The van der Waals surface area contributed by atoms with Crippen molar-refractivity contribution in [1.82, 2.24) is 9.55 Å². The number of para-hydroxylation sites is 2. The molecule has 0 saturated heterocycles. The zero-order chi connectivity index (χ0) is 17.4. The Bertz CT molecular complexity index is 1120. The molecule has 0 radical (unpaired) electrons. The van der Waals surface area contributed by atoms with Gasteiger partial charge in [0.25, 0.3) is 0 Å². The van der Waals surface area contributed by atoms with Gasteiger partial charge in [-0.3, -0.25) is 4.79 Å². The molecule has 2 aromatic heterocycles. The topological polar surface area (TPSA) is 47.2 Å². The molecule has 2 aromatic carbocycles. The molecule has 2 heterocycles. The molecule has 0 atom stereocenters. The Balaban J connectivity index is 1.86. The predicted octanol–water partition coefficient (Wildman–Crippen LogP) is 4.64. The van der Waals surface area contributed by atoms with Crippen LogP contribution in [0.5, 0.6) is 0 Å². The summed E-state index contributed by atoms with van der Waals surface area (Å²) in [6.45, 7) is 5.01. The molecule has 4 aromatic rings. The number of thiazole rings is 2. The lowest BCUT2D eigenvalue weighted by atomic mass is 10.1. The summed E-state index contributed by atoms with van der Waals surface area (Å²) in [6.07, 6.45) is 0.958. The van der Waals surface area contributed by atoms with Crippen LogP contribution in [0, 0.1) is 0 Å². The Kier molecular flexibility index (Phi) is 4.23. The van der Waals surface area contributed by atoms with Gasteiger partial charge in [0.2, 0.25) is 0 Å². The molecule has 25 heavy (non-hydrogen) atoms. The minimum Gasteiger partial charge on any atom is -0.316 e. The average Bonchev–Trinajstić information content (AvgIpc) is 3.22. The summed E-state index contributed by atoms with van der Waals surface area (Å²) < 4.78 is 4.30. The number of aryl methyl sites for hydroxylation is 2. The summed E-state index contributed by atoms with van der Waals surface area (Å²) in [5, 5.41) is 0.442. The van der Waals surface area contributed by atoms with Crippen LogP contribution < -0.4 is 4.80 Å². The lowest BCUT2D eigenvalue weighted by Gasteiger charge is -2.04. The number of amides is 1. The van der Waals surface area contributed by atoms with E-state index in [9.17, 15) is 4.79 Å². The van der Waals surface area contributed by atoms with Crippen LogP contribution in [0.4, 0.5) is 0 Å². The van der Waals surface area contributed by atoms with Crippen molar-refractivity contribution in [3.8, 4) is 0 Å². The molecule has 1 amide bonds. The van der Waals surface area contributed by atoms with E-state index in [2.05, 4.69) is 46.6 Å². The van der Waals surface area contributed by atoms with E-state index in [-0.39, 0.29) is 5.91 Å². The quantitative estimate of drug-likeness (QED) is 0.530. The van der Waals surface area contributed by atoms with Gasteiger partial charge in [-0.1, -0.05) is 42.5 Å². The highest BCUT2D eigenvalue weighted by atomic mass is 32.1. The van der Waals surface area contributed by atoms with Crippen molar-refractivity contribution >= 4 is 49.0 Å². The first kappa shape index (κ1) is 16.2. The Labute approximate surface area is 153 Å². The fourth-order valence-electron chi connectivity index (χ4n) is 2.97. The highest BCUT2D eigenvalue weighted by Crippen LogP contribution is 2.24. The summed E-state index contributed by atoms with van der Waals surface area (Å²) in [5.41, 5.74) is 3.32. The second-order valence-electron chi connectivity index (χ2n) is 5.65. The van der Waals surface area contributed by atoms with Crippen LogP contribution in [0.25, 0.3) is 20.4 Å². The van der Waals surface area contributed by atoms with Gasteiger partial charge in [-0.05, 0) is 37.1 Å². The Hall–Kier alpha value is -2.31. The van der Waals surface area contributed by atoms with E-state index in [1.165, 1.54) is 22.4 Å². The third kappa shape index (κ3) is 2.81. The monoisotopic (exact) mass is 367 g/mol. The van der Waals surface area contributed by atoms with Crippen molar-refractivity contribution in [2.45, 2.75) is 26.8 Å². The second kappa shape index (κ2) is 6.54. The van der Waals surface area contributed by atoms with Crippen LogP contribution >= 0.6 is 22.7 Å². The van der Waals surface area contributed by atoms with Crippen molar-refractivity contribution in [2.24, 2.45) is 4.99 Å². The third-order valence-electron chi connectivity index (χ3n) is 4.16. The summed E-state index contributed by atoms with van der Waals surface area (Å²) in [4.78, 5) is 22.2. The second-order valence-corrected chi connectivity index (χ2v) is 7.69. The number of rotatable bonds is 3. The number of aromatic nitrogens is 2. The minimum absolute atomic E-state index is 0.270. The lowest BCUT2D eigenvalue weighted by Crippen LogP contribution is -2.16. The van der Waals surface area contributed by atoms with Crippen LogP contribution in [-0.4, -0.2) is 15.5 Å². The summed E-state index contributed by atoms with van der Waals surface area (Å²) >= 11 is 2.95. The molecular weight excluding hydrogens is 350 g/mol. The van der Waals surface area contributed by atoms with E-state index < -0.39 is 0 Å². The molecule has 0 aliphatic carbocycles. The number of carbonyl (C=O) groups excluding carboxylic acids is 1. The molecule has 0 aliphatic rings. The molecule has 0 N–H and O–H groups in total. The van der Waals surface area contributed by atoms with E-state index in [0.29, 0.717) is 5.01 Å². The minimum atomic E-state index is -0.270. The molecule has 0 saturated carbocycles. The number of hydrogen-bond donors (Lipinski definition) is 0. The average molecular weight is 367 g/mol. The molecule has 0 bridgehead atoms. The zero-order valence-corrected chi connectivity index (χ0v) is 15.7. The zero-order valence-electron chi connectivity index (χ0n) is 14.0. The Morgan fingerprint density at radius 1 is 1.08 bits per heavy atom. The summed E-state index contributed by atoms with van der Waals surface area (Å²) in [5.74, 6) is -0.270. The molecule has 4 rings (SSSR count). The number of benzene rings is 2. The van der Waals surface area contributed by atoms with Gasteiger partial charge >= 0.3 is 5.91 Å². The largest absolute Gasteiger partial charge is 0.316 e. The van der Waals surface area contributed by atoms with Crippen LogP contribution in [0.2, 0.25) is 0 Å². The molecular formula is C19H17N3OS2. The molecule has 4 nitrogen and oxygen atoms in total. The number of nitrogens with zero attached hydrogens (tertiary/aromatic N) is 3. The van der Waals surface area contributed by atoms with Gasteiger partial charge < -0.3 is 4.57 Å². The SMILES string of the molecule is CCc1cccc2sc(=NC(=O)c3nc4ccccc4s3)n(CC)c12. The fraction of sp³-hybridized carbons (Fsp3) is 0.211. The summed E-state index contributed by atoms with van der Waals surface area (Å²) in [7, 11) is 0. The maximum Gasteiger partial charge on any atom is 0.308 e. The third-order valence-corrected chi connectivity index (χ3v) is 6.22.